The van der Waals surface area contributed by atoms with E-state index in [0.717, 1.165) is 0 Å². The van der Waals surface area contributed by atoms with Gasteiger partial charge in [0.05, 0.1) is 10.5 Å². The van der Waals surface area contributed by atoms with Crippen LogP contribution in [0.25, 0.3) is 6.08 Å². The van der Waals surface area contributed by atoms with Gasteiger partial charge in [0.25, 0.3) is 5.69 Å². The van der Waals surface area contributed by atoms with Crippen LogP contribution in [0.2, 0.25) is 0 Å². The summed E-state index contributed by atoms with van der Waals surface area (Å²) in [5.41, 5.74) is 6.18. The highest BCUT2D eigenvalue weighted by molar-refractivity contribution is 5.71. The van der Waals surface area contributed by atoms with Crippen LogP contribution < -0.4 is 5.73 Å². The molecule has 13 heavy (non-hydrogen) atoms. The first-order valence-corrected chi connectivity index (χ1v) is 3.82. The lowest BCUT2D eigenvalue weighted by atomic mass is 10.1. The fraction of sp³-hybridized carbons (Fsp3) is 0.111. The number of nitrogen functional groups attached to an aromatic ring is 1. The molecule has 0 saturated carbocycles. The molecule has 0 spiro atoms. The van der Waals surface area contributed by atoms with Gasteiger partial charge in [-0.25, -0.2) is 0 Å². The standard InChI is InChI=1S/C9H10N2O2/c1-2-4-7-5-3-6-8(10)9(7)11(12)13/h2-6H,10H2,1H3/b4-2+. The summed E-state index contributed by atoms with van der Waals surface area (Å²) >= 11 is 0. The summed E-state index contributed by atoms with van der Waals surface area (Å²) in [6.45, 7) is 1.80. The molecule has 4 heteroatoms. The molecule has 0 radical (unpaired) electrons. The summed E-state index contributed by atoms with van der Waals surface area (Å²) in [7, 11) is 0. The van der Waals surface area contributed by atoms with Gasteiger partial charge in [0, 0.05) is 0 Å². The molecule has 0 bridgehead atoms. The number of benzene rings is 1. The van der Waals surface area contributed by atoms with Crippen LogP contribution in [-0.2, 0) is 0 Å². The van der Waals surface area contributed by atoms with Gasteiger partial charge in [0.1, 0.15) is 5.69 Å². The van der Waals surface area contributed by atoms with Crippen molar-refractivity contribution in [2.75, 3.05) is 5.73 Å². The van der Waals surface area contributed by atoms with Gasteiger partial charge in [-0.2, -0.15) is 0 Å². The smallest absolute Gasteiger partial charge is 0.299 e. The molecule has 4 nitrogen and oxygen atoms in total. The second-order valence-corrected chi connectivity index (χ2v) is 2.54. The van der Waals surface area contributed by atoms with E-state index in [0.29, 0.717) is 5.56 Å². The predicted octanol–water partition coefficient (Wildman–Crippen LogP) is 2.21. The van der Waals surface area contributed by atoms with Gasteiger partial charge in [-0.05, 0) is 19.1 Å². The van der Waals surface area contributed by atoms with Crippen LogP contribution in [-0.4, -0.2) is 4.92 Å². The second-order valence-electron chi connectivity index (χ2n) is 2.54. The molecular formula is C9H10N2O2. The first kappa shape index (κ1) is 9.25. The van der Waals surface area contributed by atoms with Crippen molar-refractivity contribution in [2.45, 2.75) is 6.92 Å². The minimum atomic E-state index is -0.468. The van der Waals surface area contributed by atoms with Gasteiger partial charge in [-0.15, -0.1) is 0 Å². The van der Waals surface area contributed by atoms with E-state index in [4.69, 9.17) is 5.73 Å². The van der Waals surface area contributed by atoms with Crippen molar-refractivity contribution < 1.29 is 4.92 Å². The van der Waals surface area contributed by atoms with Gasteiger partial charge < -0.3 is 5.73 Å². The Labute approximate surface area is 75.8 Å². The first-order chi connectivity index (χ1) is 6.16. The van der Waals surface area contributed by atoms with Crippen LogP contribution in [0.3, 0.4) is 0 Å². The lowest BCUT2D eigenvalue weighted by molar-refractivity contribution is -0.384. The maximum atomic E-state index is 10.6. The number of nitrogens with zero attached hydrogens (tertiary/aromatic N) is 1. The Morgan fingerprint density at radius 2 is 2.23 bits per heavy atom. The Hall–Kier alpha value is -1.84. The Kier molecular flexibility index (Phi) is 2.64. The predicted molar refractivity (Wildman–Crippen MR) is 52.2 cm³/mol. The monoisotopic (exact) mass is 178 g/mol. The van der Waals surface area contributed by atoms with Crippen molar-refractivity contribution in [1.82, 2.24) is 0 Å². The molecule has 0 aliphatic rings. The first-order valence-electron chi connectivity index (χ1n) is 3.82. The molecule has 0 atom stereocenters. The third-order valence-corrected chi connectivity index (χ3v) is 1.63. The highest BCUT2D eigenvalue weighted by atomic mass is 16.6. The van der Waals surface area contributed by atoms with Crippen LogP contribution in [0.1, 0.15) is 12.5 Å². The number of nitro groups is 1. The van der Waals surface area contributed by atoms with Crippen molar-refractivity contribution in [3.05, 3.63) is 40.0 Å². The fourth-order valence-corrected chi connectivity index (χ4v) is 1.10. The number of nitro benzene ring substituents is 1. The average Bonchev–Trinajstić information content (AvgIpc) is 2.04. The van der Waals surface area contributed by atoms with Crippen molar-refractivity contribution in [1.29, 1.82) is 0 Å². The third kappa shape index (κ3) is 1.84. The van der Waals surface area contributed by atoms with E-state index in [1.165, 1.54) is 6.07 Å². The molecule has 2 N–H and O–H groups in total. The van der Waals surface area contributed by atoms with E-state index in [-0.39, 0.29) is 11.4 Å². The molecule has 1 rings (SSSR count). The minimum Gasteiger partial charge on any atom is -0.393 e. The Bertz CT molecular complexity index is 359. The lowest BCUT2D eigenvalue weighted by Gasteiger charge is -1.99. The summed E-state index contributed by atoms with van der Waals surface area (Å²) in [6.07, 6.45) is 3.40. The summed E-state index contributed by atoms with van der Waals surface area (Å²) in [4.78, 5) is 10.1. The summed E-state index contributed by atoms with van der Waals surface area (Å²) in [5.74, 6) is 0. The highest BCUT2D eigenvalue weighted by Crippen LogP contribution is 2.26. The summed E-state index contributed by atoms with van der Waals surface area (Å²) in [5, 5.41) is 10.6. The van der Waals surface area contributed by atoms with Crippen molar-refractivity contribution >= 4 is 17.5 Å². The van der Waals surface area contributed by atoms with Crippen molar-refractivity contribution in [3.8, 4) is 0 Å². The molecule has 0 aromatic heterocycles. The van der Waals surface area contributed by atoms with Crippen LogP contribution in [0.5, 0.6) is 0 Å². The molecule has 0 unspecified atom stereocenters. The molecule has 0 amide bonds. The van der Waals surface area contributed by atoms with E-state index < -0.39 is 4.92 Å². The van der Waals surface area contributed by atoms with Crippen molar-refractivity contribution in [2.24, 2.45) is 0 Å². The summed E-state index contributed by atoms with van der Waals surface area (Å²) < 4.78 is 0. The minimum absolute atomic E-state index is 0.0272. The normalized spacial score (nSPS) is 10.5. The van der Waals surface area contributed by atoms with Gasteiger partial charge in [0.15, 0.2) is 0 Å². The van der Waals surface area contributed by atoms with Gasteiger partial charge in [-0.3, -0.25) is 10.1 Å². The van der Waals surface area contributed by atoms with E-state index in [2.05, 4.69) is 0 Å². The quantitative estimate of drug-likeness (QED) is 0.428. The number of hydrogen-bond acceptors (Lipinski definition) is 3. The second kappa shape index (κ2) is 3.71. The lowest BCUT2D eigenvalue weighted by Crippen LogP contribution is -1.97. The number of anilines is 1. The molecule has 1 aromatic rings. The molecular weight excluding hydrogens is 168 g/mol. The average molecular weight is 178 g/mol. The largest absolute Gasteiger partial charge is 0.393 e. The zero-order chi connectivity index (χ0) is 9.84. The third-order valence-electron chi connectivity index (χ3n) is 1.63. The SMILES string of the molecule is C/C=C/c1cccc(N)c1[N+](=O)[O-]. The topological polar surface area (TPSA) is 69.2 Å². The Morgan fingerprint density at radius 3 is 2.77 bits per heavy atom. The van der Waals surface area contributed by atoms with E-state index in [1.54, 1.807) is 31.2 Å². The number of nitrogens with two attached hydrogens (primary N) is 1. The molecule has 1 aromatic carbocycles. The summed E-state index contributed by atoms with van der Waals surface area (Å²) in [6, 6.07) is 4.87. The van der Waals surface area contributed by atoms with Crippen LogP contribution in [0.4, 0.5) is 11.4 Å². The number of allylic oxidation sites excluding steroid dienone is 1. The van der Waals surface area contributed by atoms with Gasteiger partial charge in [-0.1, -0.05) is 18.2 Å². The van der Waals surface area contributed by atoms with Gasteiger partial charge >= 0.3 is 0 Å². The highest BCUT2D eigenvalue weighted by Gasteiger charge is 2.14. The maximum Gasteiger partial charge on any atom is 0.299 e. The maximum absolute atomic E-state index is 10.6. The van der Waals surface area contributed by atoms with Crippen molar-refractivity contribution in [3.63, 3.8) is 0 Å². The van der Waals surface area contributed by atoms with Crippen LogP contribution in [0.15, 0.2) is 24.3 Å². The number of para-hydroxylation sites is 1. The number of hydrogen-bond donors (Lipinski definition) is 1. The molecule has 0 fully saturated rings. The number of rotatable bonds is 2. The zero-order valence-corrected chi connectivity index (χ0v) is 7.23. The molecule has 0 heterocycles. The Balaban J connectivity index is 3.34. The van der Waals surface area contributed by atoms with E-state index in [1.807, 2.05) is 0 Å². The van der Waals surface area contributed by atoms with E-state index >= 15 is 0 Å². The molecule has 0 saturated heterocycles. The van der Waals surface area contributed by atoms with Gasteiger partial charge in [0.2, 0.25) is 0 Å². The van der Waals surface area contributed by atoms with Crippen LogP contribution >= 0.6 is 0 Å². The molecule has 0 aliphatic carbocycles. The zero-order valence-electron chi connectivity index (χ0n) is 7.23. The molecule has 68 valence electrons. The molecule has 0 aliphatic heterocycles. The fourth-order valence-electron chi connectivity index (χ4n) is 1.10. The Morgan fingerprint density at radius 1 is 1.54 bits per heavy atom. The van der Waals surface area contributed by atoms with Crippen LogP contribution in [0, 0.1) is 10.1 Å². The van der Waals surface area contributed by atoms with E-state index in [9.17, 15) is 10.1 Å².